The van der Waals surface area contributed by atoms with Crippen LogP contribution in [-0.2, 0) is 6.42 Å². The number of carbonyl (C=O) groups is 1. The molecule has 0 saturated carbocycles. The highest BCUT2D eigenvalue weighted by molar-refractivity contribution is 7.80. The van der Waals surface area contributed by atoms with Crippen LogP contribution in [0.4, 0.5) is 5.69 Å². The molecule has 28 heavy (non-hydrogen) atoms. The lowest BCUT2D eigenvalue weighted by Gasteiger charge is -2.11. The summed E-state index contributed by atoms with van der Waals surface area (Å²) in [5.74, 6) is 0.486. The largest absolute Gasteiger partial charge is 0.493 e. The molecule has 5 nitrogen and oxygen atoms in total. The van der Waals surface area contributed by atoms with E-state index in [0.717, 1.165) is 22.9 Å². The first-order chi connectivity index (χ1) is 13.5. The number of hydrogen-bond donors (Lipinski definition) is 2. The molecule has 7 heteroatoms. The van der Waals surface area contributed by atoms with E-state index in [0.29, 0.717) is 17.2 Å². The molecular formula is C21H21N3O2S2. The van der Waals surface area contributed by atoms with Crippen molar-refractivity contribution in [1.29, 1.82) is 0 Å². The molecule has 2 aromatic carbocycles. The number of benzene rings is 2. The van der Waals surface area contributed by atoms with Gasteiger partial charge in [-0.1, -0.05) is 36.4 Å². The summed E-state index contributed by atoms with van der Waals surface area (Å²) in [4.78, 5) is 17.2. The lowest BCUT2D eigenvalue weighted by Crippen LogP contribution is -2.34. The standard InChI is InChI=1S/C21H21N3O2S2/c1-14-19(28-15(2)22-14)20(25)24-21(27)23-17-9-6-10-18(13-17)26-12-11-16-7-4-3-5-8-16/h3-10,13H,11-12H2,1-2H3,(H2,23,24,25,27). The summed E-state index contributed by atoms with van der Waals surface area (Å²) in [7, 11) is 0. The number of amides is 1. The van der Waals surface area contributed by atoms with Crippen LogP contribution in [0, 0.1) is 13.8 Å². The summed E-state index contributed by atoms with van der Waals surface area (Å²) in [5, 5.41) is 6.80. The number of thiazole rings is 1. The monoisotopic (exact) mass is 411 g/mol. The normalized spacial score (nSPS) is 10.4. The molecule has 2 N–H and O–H groups in total. The predicted octanol–water partition coefficient (Wildman–Crippen LogP) is 4.51. The van der Waals surface area contributed by atoms with E-state index in [-0.39, 0.29) is 11.0 Å². The van der Waals surface area contributed by atoms with Crippen molar-refractivity contribution < 1.29 is 9.53 Å². The topological polar surface area (TPSA) is 63.2 Å². The van der Waals surface area contributed by atoms with Gasteiger partial charge in [0.05, 0.1) is 17.3 Å². The van der Waals surface area contributed by atoms with Gasteiger partial charge in [-0.05, 0) is 43.8 Å². The first-order valence-electron chi connectivity index (χ1n) is 8.84. The number of aromatic nitrogens is 1. The van der Waals surface area contributed by atoms with Gasteiger partial charge in [-0.15, -0.1) is 11.3 Å². The first-order valence-corrected chi connectivity index (χ1v) is 10.1. The van der Waals surface area contributed by atoms with E-state index in [1.807, 2.05) is 56.3 Å². The predicted molar refractivity (Wildman–Crippen MR) is 117 cm³/mol. The zero-order valence-electron chi connectivity index (χ0n) is 15.7. The van der Waals surface area contributed by atoms with Crippen LogP contribution in [0.2, 0.25) is 0 Å². The maximum Gasteiger partial charge on any atom is 0.269 e. The maximum absolute atomic E-state index is 12.3. The minimum absolute atomic E-state index is 0.233. The van der Waals surface area contributed by atoms with Crippen LogP contribution >= 0.6 is 23.6 Å². The van der Waals surface area contributed by atoms with Gasteiger partial charge in [-0.2, -0.15) is 0 Å². The Bertz CT molecular complexity index is 971. The van der Waals surface area contributed by atoms with E-state index >= 15 is 0 Å². The Morgan fingerprint density at radius 1 is 1.14 bits per heavy atom. The molecule has 3 rings (SSSR count). The zero-order valence-corrected chi connectivity index (χ0v) is 17.3. The molecule has 0 fully saturated rings. The van der Waals surface area contributed by atoms with Crippen molar-refractivity contribution in [3.8, 4) is 5.75 Å². The van der Waals surface area contributed by atoms with E-state index in [4.69, 9.17) is 17.0 Å². The number of anilines is 1. The van der Waals surface area contributed by atoms with Crippen LogP contribution in [0.25, 0.3) is 0 Å². The van der Waals surface area contributed by atoms with Gasteiger partial charge in [-0.3, -0.25) is 10.1 Å². The fourth-order valence-electron chi connectivity index (χ4n) is 2.66. The minimum atomic E-state index is -0.254. The van der Waals surface area contributed by atoms with Gasteiger partial charge in [0.15, 0.2) is 5.11 Å². The highest BCUT2D eigenvalue weighted by Gasteiger charge is 2.15. The number of rotatable bonds is 6. The van der Waals surface area contributed by atoms with Gasteiger partial charge >= 0.3 is 0 Å². The van der Waals surface area contributed by atoms with E-state index in [1.165, 1.54) is 16.9 Å². The third kappa shape index (κ3) is 5.61. The molecule has 0 saturated heterocycles. The third-order valence-corrected chi connectivity index (χ3v) is 5.21. The Morgan fingerprint density at radius 2 is 1.93 bits per heavy atom. The summed E-state index contributed by atoms with van der Waals surface area (Å²) in [5.41, 5.74) is 2.69. The molecule has 1 amide bonds. The lowest BCUT2D eigenvalue weighted by molar-refractivity contribution is 0.0981. The first kappa shape index (κ1) is 20.0. The lowest BCUT2D eigenvalue weighted by atomic mass is 10.2. The van der Waals surface area contributed by atoms with E-state index in [2.05, 4.69) is 27.8 Å². The molecule has 0 aliphatic carbocycles. The molecule has 0 aliphatic rings. The fourth-order valence-corrected chi connectivity index (χ4v) is 3.68. The molecule has 1 aromatic heterocycles. The molecule has 0 atom stereocenters. The third-order valence-electron chi connectivity index (χ3n) is 3.93. The zero-order chi connectivity index (χ0) is 19.9. The maximum atomic E-state index is 12.3. The molecule has 0 unspecified atom stereocenters. The number of nitrogens with zero attached hydrogens (tertiary/aromatic N) is 1. The molecule has 0 bridgehead atoms. The summed E-state index contributed by atoms with van der Waals surface area (Å²) in [6, 6.07) is 17.7. The van der Waals surface area contributed by atoms with Gasteiger partial charge in [0, 0.05) is 18.2 Å². The van der Waals surface area contributed by atoms with E-state index < -0.39 is 0 Å². The average molecular weight is 412 g/mol. The van der Waals surface area contributed by atoms with Crippen molar-refractivity contribution in [2.45, 2.75) is 20.3 Å². The fraction of sp³-hybridized carbons (Fsp3) is 0.190. The molecule has 0 radical (unpaired) electrons. The summed E-state index contributed by atoms with van der Waals surface area (Å²) >= 11 is 6.61. The summed E-state index contributed by atoms with van der Waals surface area (Å²) in [6.07, 6.45) is 0.834. The van der Waals surface area contributed by atoms with Crippen LogP contribution in [0.15, 0.2) is 54.6 Å². The van der Waals surface area contributed by atoms with Crippen molar-refractivity contribution in [3.05, 3.63) is 75.7 Å². The smallest absolute Gasteiger partial charge is 0.269 e. The second-order valence-electron chi connectivity index (χ2n) is 6.17. The number of nitrogens with one attached hydrogen (secondary N) is 2. The average Bonchev–Trinajstić information content (AvgIpc) is 3.01. The van der Waals surface area contributed by atoms with Crippen molar-refractivity contribution in [1.82, 2.24) is 10.3 Å². The van der Waals surface area contributed by atoms with E-state index in [1.54, 1.807) is 0 Å². The molecule has 1 heterocycles. The minimum Gasteiger partial charge on any atom is -0.493 e. The quantitative estimate of drug-likeness (QED) is 0.585. The Labute approximate surface area is 173 Å². The SMILES string of the molecule is Cc1nc(C)c(C(=O)NC(=S)Nc2cccc(OCCc3ccccc3)c2)s1. The highest BCUT2D eigenvalue weighted by atomic mass is 32.1. The van der Waals surface area contributed by atoms with Crippen LogP contribution in [0.5, 0.6) is 5.75 Å². The van der Waals surface area contributed by atoms with Crippen LogP contribution < -0.4 is 15.4 Å². The second kappa shape index (κ2) is 9.43. The van der Waals surface area contributed by atoms with Crippen LogP contribution in [0.3, 0.4) is 0 Å². The Hall–Kier alpha value is -2.77. The van der Waals surface area contributed by atoms with Gasteiger partial charge in [-0.25, -0.2) is 4.98 Å². The summed E-state index contributed by atoms with van der Waals surface area (Å²) in [6.45, 7) is 4.26. The van der Waals surface area contributed by atoms with Gasteiger partial charge in [0.2, 0.25) is 0 Å². The number of thiocarbonyl (C=S) groups is 1. The number of aryl methyl sites for hydroxylation is 2. The number of carbonyl (C=O) groups excluding carboxylic acids is 1. The van der Waals surface area contributed by atoms with Gasteiger partial charge in [0.25, 0.3) is 5.91 Å². The van der Waals surface area contributed by atoms with Crippen molar-refractivity contribution in [3.63, 3.8) is 0 Å². The Balaban J connectivity index is 1.52. The Kier molecular flexibility index (Phi) is 6.73. The highest BCUT2D eigenvalue weighted by Crippen LogP contribution is 2.19. The number of ether oxygens (including phenoxy) is 1. The van der Waals surface area contributed by atoms with Gasteiger partial charge < -0.3 is 10.1 Å². The van der Waals surface area contributed by atoms with Crippen LogP contribution in [-0.4, -0.2) is 22.6 Å². The molecule has 0 spiro atoms. The van der Waals surface area contributed by atoms with E-state index in [9.17, 15) is 4.79 Å². The van der Waals surface area contributed by atoms with Crippen molar-refractivity contribution >= 4 is 40.3 Å². The molecule has 0 aliphatic heterocycles. The van der Waals surface area contributed by atoms with Gasteiger partial charge in [0.1, 0.15) is 10.6 Å². The van der Waals surface area contributed by atoms with Crippen molar-refractivity contribution in [2.24, 2.45) is 0 Å². The Morgan fingerprint density at radius 3 is 2.64 bits per heavy atom. The molecular weight excluding hydrogens is 390 g/mol. The summed E-state index contributed by atoms with van der Waals surface area (Å²) < 4.78 is 5.82. The second-order valence-corrected chi connectivity index (χ2v) is 7.78. The van der Waals surface area contributed by atoms with Crippen LogP contribution in [0.1, 0.15) is 25.9 Å². The molecule has 144 valence electrons. The molecule has 3 aromatic rings. The van der Waals surface area contributed by atoms with Crippen molar-refractivity contribution in [2.75, 3.05) is 11.9 Å². The number of hydrogen-bond acceptors (Lipinski definition) is 5.